The van der Waals surface area contributed by atoms with Crippen molar-refractivity contribution in [2.75, 3.05) is 25.6 Å². The van der Waals surface area contributed by atoms with Gasteiger partial charge >= 0.3 is 0 Å². The zero-order valence-corrected chi connectivity index (χ0v) is 10.0. The predicted molar refractivity (Wildman–Crippen MR) is 62.2 cm³/mol. The molecule has 0 radical (unpaired) electrons. The fourth-order valence-corrected chi connectivity index (χ4v) is 2.00. The molecule has 1 fully saturated rings. The standard InChI is InChI=1S/C11H16N4O2/c1-14(17-2)10(16)9-5-3-8-15(9)11-12-6-4-7-13-11/h4,6-7,9H,3,5,8H2,1-2H3. The third-order valence-electron chi connectivity index (χ3n) is 2.93. The molecule has 0 aliphatic carbocycles. The Balaban J connectivity index is 2.15. The van der Waals surface area contributed by atoms with E-state index in [0.29, 0.717) is 5.95 Å². The summed E-state index contributed by atoms with van der Waals surface area (Å²) in [5, 5.41) is 1.26. The SMILES string of the molecule is CON(C)C(=O)C1CCCN1c1ncccn1. The highest BCUT2D eigenvalue weighted by Gasteiger charge is 2.34. The Labute approximate surface area is 100 Å². The molecular formula is C11H16N4O2. The number of anilines is 1. The molecule has 1 unspecified atom stereocenters. The predicted octanol–water partition coefficient (Wildman–Crippen LogP) is 0.465. The molecule has 2 rings (SSSR count). The maximum Gasteiger partial charge on any atom is 0.268 e. The van der Waals surface area contributed by atoms with Crippen LogP contribution in [0.4, 0.5) is 5.95 Å². The normalized spacial score (nSPS) is 19.4. The van der Waals surface area contributed by atoms with Crippen molar-refractivity contribution in [1.82, 2.24) is 15.0 Å². The number of carbonyl (C=O) groups is 1. The van der Waals surface area contributed by atoms with E-state index in [1.165, 1.54) is 12.2 Å². The molecule has 1 aliphatic heterocycles. The molecule has 1 atom stereocenters. The topological polar surface area (TPSA) is 58.6 Å². The van der Waals surface area contributed by atoms with Gasteiger partial charge in [-0.25, -0.2) is 15.0 Å². The second-order valence-electron chi connectivity index (χ2n) is 3.92. The first-order chi connectivity index (χ1) is 8.24. The lowest BCUT2D eigenvalue weighted by molar-refractivity contribution is -0.169. The lowest BCUT2D eigenvalue weighted by Gasteiger charge is -2.26. The summed E-state index contributed by atoms with van der Waals surface area (Å²) in [4.78, 5) is 27.3. The third-order valence-corrected chi connectivity index (χ3v) is 2.93. The van der Waals surface area contributed by atoms with Crippen LogP contribution in [0.25, 0.3) is 0 Å². The lowest BCUT2D eigenvalue weighted by Crippen LogP contribution is -2.44. The zero-order chi connectivity index (χ0) is 12.3. The van der Waals surface area contributed by atoms with Crippen LogP contribution in [0.5, 0.6) is 0 Å². The number of rotatable bonds is 3. The van der Waals surface area contributed by atoms with Crippen molar-refractivity contribution in [2.24, 2.45) is 0 Å². The Morgan fingerprint density at radius 3 is 2.88 bits per heavy atom. The van der Waals surface area contributed by atoms with Crippen molar-refractivity contribution in [1.29, 1.82) is 0 Å². The van der Waals surface area contributed by atoms with E-state index in [1.54, 1.807) is 25.5 Å². The van der Waals surface area contributed by atoms with Gasteiger partial charge in [0.15, 0.2) is 0 Å². The number of hydrogen-bond acceptors (Lipinski definition) is 5. The van der Waals surface area contributed by atoms with E-state index in [9.17, 15) is 4.79 Å². The molecule has 92 valence electrons. The van der Waals surface area contributed by atoms with E-state index < -0.39 is 0 Å². The smallest absolute Gasteiger partial charge is 0.268 e. The fraction of sp³-hybridized carbons (Fsp3) is 0.545. The largest absolute Gasteiger partial charge is 0.329 e. The summed E-state index contributed by atoms with van der Waals surface area (Å²) in [6.45, 7) is 0.804. The molecule has 6 heteroatoms. The molecular weight excluding hydrogens is 220 g/mol. The number of aromatic nitrogens is 2. The van der Waals surface area contributed by atoms with Gasteiger partial charge in [-0.05, 0) is 18.9 Å². The quantitative estimate of drug-likeness (QED) is 0.714. The zero-order valence-electron chi connectivity index (χ0n) is 10.0. The highest BCUT2D eigenvalue weighted by atomic mass is 16.7. The van der Waals surface area contributed by atoms with Crippen LogP contribution in [0.15, 0.2) is 18.5 Å². The first kappa shape index (κ1) is 11.8. The maximum absolute atomic E-state index is 12.1. The third kappa shape index (κ3) is 2.36. The van der Waals surface area contributed by atoms with Gasteiger partial charge in [0.2, 0.25) is 5.95 Å². The lowest BCUT2D eigenvalue weighted by atomic mass is 10.2. The van der Waals surface area contributed by atoms with Crippen LogP contribution in [-0.2, 0) is 9.63 Å². The van der Waals surface area contributed by atoms with Gasteiger partial charge in [0, 0.05) is 26.0 Å². The van der Waals surface area contributed by atoms with Crippen LogP contribution in [0.2, 0.25) is 0 Å². The van der Waals surface area contributed by atoms with E-state index in [4.69, 9.17) is 4.84 Å². The molecule has 1 saturated heterocycles. The summed E-state index contributed by atoms with van der Waals surface area (Å²) in [6.07, 6.45) is 5.14. The summed E-state index contributed by atoms with van der Waals surface area (Å²) >= 11 is 0. The number of nitrogens with zero attached hydrogens (tertiary/aromatic N) is 4. The van der Waals surface area contributed by atoms with Gasteiger partial charge in [-0.15, -0.1) is 0 Å². The minimum absolute atomic E-state index is 0.0579. The minimum atomic E-state index is -0.220. The second kappa shape index (κ2) is 5.09. The fourth-order valence-electron chi connectivity index (χ4n) is 2.00. The summed E-state index contributed by atoms with van der Waals surface area (Å²) in [7, 11) is 3.10. The van der Waals surface area contributed by atoms with Gasteiger partial charge < -0.3 is 4.90 Å². The van der Waals surface area contributed by atoms with Crippen molar-refractivity contribution >= 4 is 11.9 Å². The summed E-state index contributed by atoms with van der Waals surface area (Å²) in [5.41, 5.74) is 0. The van der Waals surface area contributed by atoms with Crippen molar-refractivity contribution < 1.29 is 9.63 Å². The molecule has 0 saturated carbocycles. The minimum Gasteiger partial charge on any atom is -0.329 e. The first-order valence-corrected chi connectivity index (χ1v) is 5.59. The van der Waals surface area contributed by atoms with E-state index in [1.807, 2.05) is 4.90 Å². The molecule has 1 amide bonds. The van der Waals surface area contributed by atoms with Crippen LogP contribution in [0.3, 0.4) is 0 Å². The van der Waals surface area contributed by atoms with Crippen molar-refractivity contribution in [2.45, 2.75) is 18.9 Å². The van der Waals surface area contributed by atoms with E-state index in [-0.39, 0.29) is 11.9 Å². The molecule has 1 aliphatic rings. The Hall–Kier alpha value is -1.69. The molecule has 1 aromatic rings. The van der Waals surface area contributed by atoms with Crippen LogP contribution in [-0.4, -0.2) is 47.7 Å². The Morgan fingerprint density at radius 2 is 2.24 bits per heavy atom. The molecule has 0 bridgehead atoms. The van der Waals surface area contributed by atoms with Crippen molar-refractivity contribution in [3.63, 3.8) is 0 Å². The molecule has 6 nitrogen and oxygen atoms in total. The van der Waals surface area contributed by atoms with Crippen LogP contribution in [0.1, 0.15) is 12.8 Å². The molecule has 17 heavy (non-hydrogen) atoms. The highest BCUT2D eigenvalue weighted by molar-refractivity contribution is 5.84. The summed E-state index contributed by atoms with van der Waals surface area (Å²) in [5.74, 6) is 0.547. The second-order valence-corrected chi connectivity index (χ2v) is 3.92. The first-order valence-electron chi connectivity index (χ1n) is 5.59. The van der Waals surface area contributed by atoms with Gasteiger partial charge in [-0.1, -0.05) is 0 Å². The molecule has 0 spiro atoms. The van der Waals surface area contributed by atoms with Gasteiger partial charge in [-0.3, -0.25) is 9.63 Å². The molecule has 0 N–H and O–H groups in total. The van der Waals surface area contributed by atoms with Gasteiger partial charge in [0.05, 0.1) is 7.11 Å². The van der Waals surface area contributed by atoms with Crippen molar-refractivity contribution in [3.8, 4) is 0 Å². The monoisotopic (exact) mass is 236 g/mol. The summed E-state index contributed by atoms with van der Waals surface area (Å²) in [6, 6.07) is 1.54. The molecule has 0 aromatic carbocycles. The Kier molecular flexibility index (Phi) is 3.53. The molecule has 1 aromatic heterocycles. The van der Waals surface area contributed by atoms with Crippen LogP contribution in [0, 0.1) is 0 Å². The van der Waals surface area contributed by atoms with E-state index in [0.717, 1.165) is 19.4 Å². The molecule has 2 heterocycles. The average molecular weight is 236 g/mol. The number of carbonyl (C=O) groups excluding carboxylic acids is 1. The Morgan fingerprint density at radius 1 is 1.53 bits per heavy atom. The van der Waals surface area contributed by atoms with E-state index >= 15 is 0 Å². The highest BCUT2D eigenvalue weighted by Crippen LogP contribution is 2.23. The number of hydrogen-bond donors (Lipinski definition) is 0. The Bertz CT molecular complexity index is 384. The van der Waals surface area contributed by atoms with Crippen LogP contribution >= 0.6 is 0 Å². The average Bonchev–Trinajstić information content (AvgIpc) is 2.87. The van der Waals surface area contributed by atoms with Crippen LogP contribution < -0.4 is 4.90 Å². The number of likely N-dealkylation sites (N-methyl/N-ethyl adjacent to an activating group) is 1. The van der Waals surface area contributed by atoms with Gasteiger partial charge in [-0.2, -0.15) is 0 Å². The van der Waals surface area contributed by atoms with Gasteiger partial charge in [0.1, 0.15) is 6.04 Å². The number of hydroxylamine groups is 2. The number of amides is 1. The van der Waals surface area contributed by atoms with E-state index in [2.05, 4.69) is 9.97 Å². The van der Waals surface area contributed by atoms with Gasteiger partial charge in [0.25, 0.3) is 5.91 Å². The summed E-state index contributed by atoms with van der Waals surface area (Å²) < 4.78 is 0. The van der Waals surface area contributed by atoms with Crippen molar-refractivity contribution in [3.05, 3.63) is 18.5 Å². The maximum atomic E-state index is 12.1.